The van der Waals surface area contributed by atoms with Gasteiger partial charge in [0, 0.05) is 5.69 Å². The second-order valence-electron chi connectivity index (χ2n) is 5.65. The van der Waals surface area contributed by atoms with Crippen molar-refractivity contribution in [3.63, 3.8) is 0 Å². The minimum Gasteiger partial charge on any atom is -0.497 e. The Morgan fingerprint density at radius 2 is 1.69 bits per heavy atom. The average Bonchev–Trinajstić information content (AvgIpc) is 2.66. The molecule has 26 heavy (non-hydrogen) atoms. The van der Waals surface area contributed by atoms with Crippen LogP contribution in [-0.4, -0.2) is 25.6 Å². The molecule has 1 aliphatic carbocycles. The standard InChI is InChI=1S/C18H18Cl3NO4/c1-25-12-8-6-11(7-9-12)22-17(23)13-4-2-3-5-14(13)18(24)26-10-15(19)16(20)21/h2-3,6-9,13-14H,4-5,10H2,1H3,(H,22,23)/t13-,14-/m1/s1. The molecule has 0 fully saturated rings. The average molecular weight is 419 g/mol. The summed E-state index contributed by atoms with van der Waals surface area (Å²) in [6.45, 7) is -0.226. The predicted molar refractivity (Wildman–Crippen MR) is 103 cm³/mol. The molecule has 2 rings (SSSR count). The van der Waals surface area contributed by atoms with E-state index >= 15 is 0 Å². The van der Waals surface area contributed by atoms with Crippen molar-refractivity contribution >= 4 is 52.4 Å². The maximum absolute atomic E-state index is 12.6. The number of hydrogen-bond donors (Lipinski definition) is 1. The van der Waals surface area contributed by atoms with E-state index in [4.69, 9.17) is 44.3 Å². The lowest BCUT2D eigenvalue weighted by atomic mass is 9.82. The number of carbonyl (C=O) groups excluding carboxylic acids is 2. The van der Waals surface area contributed by atoms with Gasteiger partial charge in [-0.3, -0.25) is 9.59 Å². The van der Waals surface area contributed by atoms with Crippen LogP contribution in [0, 0.1) is 11.8 Å². The van der Waals surface area contributed by atoms with Gasteiger partial charge in [-0.15, -0.1) is 0 Å². The number of halogens is 3. The van der Waals surface area contributed by atoms with E-state index in [-0.39, 0.29) is 22.0 Å². The molecular formula is C18H18Cl3NO4. The number of esters is 1. The number of ether oxygens (including phenoxy) is 2. The molecule has 0 unspecified atom stereocenters. The van der Waals surface area contributed by atoms with Gasteiger partial charge in [-0.25, -0.2) is 0 Å². The van der Waals surface area contributed by atoms with Crippen molar-refractivity contribution in [2.75, 3.05) is 19.0 Å². The Balaban J connectivity index is 2.02. The van der Waals surface area contributed by atoms with Gasteiger partial charge in [-0.2, -0.15) is 0 Å². The van der Waals surface area contributed by atoms with Crippen molar-refractivity contribution in [1.29, 1.82) is 0 Å². The Morgan fingerprint density at radius 1 is 1.08 bits per heavy atom. The highest BCUT2D eigenvalue weighted by Crippen LogP contribution is 2.29. The molecule has 1 N–H and O–H groups in total. The van der Waals surface area contributed by atoms with Crippen LogP contribution in [0.2, 0.25) is 0 Å². The predicted octanol–water partition coefficient (Wildman–Crippen LogP) is 4.64. The van der Waals surface area contributed by atoms with Crippen LogP contribution in [-0.2, 0) is 14.3 Å². The van der Waals surface area contributed by atoms with Crippen LogP contribution < -0.4 is 10.1 Å². The molecule has 0 spiro atoms. The smallest absolute Gasteiger partial charge is 0.310 e. The second-order valence-corrected chi connectivity index (χ2v) is 7.05. The molecule has 0 bridgehead atoms. The largest absolute Gasteiger partial charge is 0.497 e. The van der Waals surface area contributed by atoms with Crippen LogP contribution >= 0.6 is 34.8 Å². The van der Waals surface area contributed by atoms with Gasteiger partial charge in [0.2, 0.25) is 5.91 Å². The molecule has 140 valence electrons. The van der Waals surface area contributed by atoms with Crippen LogP contribution in [0.4, 0.5) is 5.69 Å². The first kappa shape index (κ1) is 20.6. The Bertz CT molecular complexity index is 712. The van der Waals surface area contributed by atoms with E-state index in [0.717, 1.165) is 0 Å². The van der Waals surface area contributed by atoms with Gasteiger partial charge >= 0.3 is 5.97 Å². The minimum absolute atomic E-state index is 0.0345. The van der Waals surface area contributed by atoms with E-state index in [1.54, 1.807) is 31.4 Å². The highest BCUT2D eigenvalue weighted by atomic mass is 35.5. The number of amides is 1. The second kappa shape index (κ2) is 9.86. The summed E-state index contributed by atoms with van der Waals surface area (Å²) in [5.41, 5.74) is 0.623. The first-order valence-electron chi connectivity index (χ1n) is 7.88. The lowest BCUT2D eigenvalue weighted by molar-refractivity contribution is -0.151. The molecule has 0 radical (unpaired) electrons. The van der Waals surface area contributed by atoms with E-state index in [9.17, 15) is 9.59 Å². The van der Waals surface area contributed by atoms with Crippen LogP contribution in [0.1, 0.15) is 12.8 Å². The third-order valence-electron chi connectivity index (χ3n) is 3.98. The van der Waals surface area contributed by atoms with Gasteiger partial charge in [-0.05, 0) is 37.1 Å². The molecular weight excluding hydrogens is 401 g/mol. The van der Waals surface area contributed by atoms with Gasteiger partial charge in [0.05, 0.1) is 24.0 Å². The highest BCUT2D eigenvalue weighted by molar-refractivity contribution is 6.59. The highest BCUT2D eigenvalue weighted by Gasteiger charge is 2.35. The molecule has 0 aliphatic heterocycles. The number of anilines is 1. The first-order chi connectivity index (χ1) is 12.4. The molecule has 8 heteroatoms. The van der Waals surface area contributed by atoms with Crippen LogP contribution in [0.15, 0.2) is 45.9 Å². The summed E-state index contributed by atoms with van der Waals surface area (Å²) >= 11 is 16.8. The van der Waals surface area contributed by atoms with Crippen LogP contribution in [0.5, 0.6) is 5.75 Å². The third-order valence-corrected chi connectivity index (χ3v) is 4.92. The zero-order valence-electron chi connectivity index (χ0n) is 14.0. The van der Waals surface area contributed by atoms with Gasteiger partial charge in [0.25, 0.3) is 0 Å². The van der Waals surface area contributed by atoms with Crippen molar-refractivity contribution in [2.45, 2.75) is 12.8 Å². The molecule has 1 aromatic rings. The summed E-state index contributed by atoms with van der Waals surface area (Å²) < 4.78 is 10.1. The normalized spacial score (nSPS) is 18.8. The van der Waals surface area contributed by atoms with E-state index < -0.39 is 17.8 Å². The summed E-state index contributed by atoms with van der Waals surface area (Å²) in [5.74, 6) is -1.22. The first-order valence-corrected chi connectivity index (χ1v) is 9.02. The van der Waals surface area contributed by atoms with E-state index in [2.05, 4.69) is 5.32 Å². The van der Waals surface area contributed by atoms with Crippen molar-refractivity contribution in [2.24, 2.45) is 11.8 Å². The van der Waals surface area contributed by atoms with Gasteiger partial charge < -0.3 is 14.8 Å². The van der Waals surface area contributed by atoms with E-state index in [1.165, 1.54) is 0 Å². The number of carbonyl (C=O) groups is 2. The van der Waals surface area contributed by atoms with Gasteiger partial charge in [-0.1, -0.05) is 47.0 Å². The number of methoxy groups -OCH3 is 1. The molecule has 1 aromatic carbocycles. The molecule has 1 amide bonds. The number of hydrogen-bond acceptors (Lipinski definition) is 4. The third kappa shape index (κ3) is 5.66. The SMILES string of the molecule is COc1ccc(NC(=O)[C@@H]2CC=CC[C@H]2C(=O)OCC(Cl)=C(Cl)Cl)cc1. The van der Waals surface area contributed by atoms with E-state index in [1.807, 2.05) is 12.2 Å². The summed E-state index contributed by atoms with van der Waals surface area (Å²) in [6.07, 6.45) is 4.59. The van der Waals surface area contributed by atoms with Crippen LogP contribution in [0.3, 0.4) is 0 Å². The maximum Gasteiger partial charge on any atom is 0.310 e. The Hall–Kier alpha value is -1.69. The van der Waals surface area contributed by atoms with Gasteiger partial charge in [0.15, 0.2) is 0 Å². The van der Waals surface area contributed by atoms with Crippen LogP contribution in [0.25, 0.3) is 0 Å². The molecule has 0 saturated carbocycles. The molecule has 1 aliphatic rings. The lowest BCUT2D eigenvalue weighted by Crippen LogP contribution is -2.36. The number of nitrogens with one attached hydrogen (secondary N) is 1. The number of allylic oxidation sites excluding steroid dienone is 2. The summed E-state index contributed by atoms with van der Waals surface area (Å²) in [4.78, 5) is 25.0. The monoisotopic (exact) mass is 417 g/mol. The fourth-order valence-electron chi connectivity index (χ4n) is 2.57. The minimum atomic E-state index is -0.600. The summed E-state index contributed by atoms with van der Waals surface area (Å²) in [6, 6.07) is 6.95. The Kier molecular flexibility index (Phi) is 7.82. The number of benzene rings is 1. The molecule has 0 heterocycles. The zero-order chi connectivity index (χ0) is 19.1. The van der Waals surface area contributed by atoms with Crippen molar-refractivity contribution in [3.05, 3.63) is 45.9 Å². The Morgan fingerprint density at radius 3 is 2.27 bits per heavy atom. The lowest BCUT2D eigenvalue weighted by Gasteiger charge is -2.26. The Labute approximate surface area is 166 Å². The molecule has 5 nitrogen and oxygen atoms in total. The van der Waals surface area contributed by atoms with Crippen molar-refractivity contribution in [1.82, 2.24) is 0 Å². The zero-order valence-corrected chi connectivity index (χ0v) is 16.3. The molecule has 0 saturated heterocycles. The maximum atomic E-state index is 12.6. The molecule has 0 aromatic heterocycles. The van der Waals surface area contributed by atoms with Crippen molar-refractivity contribution in [3.8, 4) is 5.75 Å². The topological polar surface area (TPSA) is 64.6 Å². The fourth-order valence-corrected chi connectivity index (χ4v) is 2.73. The number of rotatable bonds is 6. The van der Waals surface area contributed by atoms with Gasteiger partial charge in [0.1, 0.15) is 16.8 Å². The fraction of sp³-hybridized carbons (Fsp3) is 0.333. The van der Waals surface area contributed by atoms with Crippen molar-refractivity contribution < 1.29 is 19.1 Å². The summed E-state index contributed by atoms with van der Waals surface area (Å²) in [7, 11) is 1.57. The quantitative estimate of drug-likeness (QED) is 0.540. The molecule has 2 atom stereocenters. The summed E-state index contributed by atoms with van der Waals surface area (Å²) in [5, 5.41) is 2.85. The van der Waals surface area contributed by atoms with E-state index in [0.29, 0.717) is 24.3 Å².